The van der Waals surface area contributed by atoms with Crippen LogP contribution in [0.5, 0.6) is 5.75 Å². The minimum absolute atomic E-state index is 0.0298. The maximum Gasteiger partial charge on any atom is 0.416 e. The highest BCUT2D eigenvalue weighted by Gasteiger charge is 2.31. The van der Waals surface area contributed by atoms with Crippen LogP contribution in [0, 0.1) is 0 Å². The number of aromatic nitrogens is 2. The predicted octanol–water partition coefficient (Wildman–Crippen LogP) is 3.70. The van der Waals surface area contributed by atoms with E-state index in [-0.39, 0.29) is 29.3 Å². The van der Waals surface area contributed by atoms with Crippen molar-refractivity contribution in [3.63, 3.8) is 0 Å². The monoisotopic (exact) mass is 460 g/mol. The van der Waals surface area contributed by atoms with Gasteiger partial charge < -0.3 is 26.0 Å². The number of carbonyl (C=O) groups excluding carboxylic acids is 1. The number of nitrogens with two attached hydrogens (primary N) is 1. The van der Waals surface area contributed by atoms with E-state index in [2.05, 4.69) is 20.6 Å². The molecule has 8 nitrogen and oxygen atoms in total. The van der Waals surface area contributed by atoms with Crippen LogP contribution in [-0.4, -0.2) is 42.1 Å². The van der Waals surface area contributed by atoms with E-state index < -0.39 is 11.7 Å². The molecule has 1 unspecified atom stereocenters. The van der Waals surface area contributed by atoms with Crippen molar-refractivity contribution in [2.24, 2.45) is 0 Å². The fraction of sp³-hybridized carbons (Fsp3) is 0.318. The second-order valence-corrected chi connectivity index (χ2v) is 7.83. The summed E-state index contributed by atoms with van der Waals surface area (Å²) < 4.78 is 45.1. The van der Waals surface area contributed by atoms with Crippen LogP contribution >= 0.6 is 0 Å². The highest BCUT2D eigenvalue weighted by atomic mass is 19.4. The molecule has 3 aromatic rings. The quantitative estimate of drug-likeness (QED) is 0.499. The molecular weight excluding hydrogens is 437 g/mol. The molecule has 1 fully saturated rings. The van der Waals surface area contributed by atoms with Gasteiger partial charge in [-0.05, 0) is 36.8 Å². The number of anilines is 4. The smallest absolute Gasteiger partial charge is 0.416 e. The van der Waals surface area contributed by atoms with E-state index in [1.807, 2.05) is 17.0 Å². The zero-order valence-electron chi connectivity index (χ0n) is 18.0. The summed E-state index contributed by atoms with van der Waals surface area (Å²) in [5, 5.41) is 6.49. The van der Waals surface area contributed by atoms with Gasteiger partial charge in [-0.2, -0.15) is 18.2 Å². The van der Waals surface area contributed by atoms with E-state index in [9.17, 15) is 18.0 Å². The first-order valence-corrected chi connectivity index (χ1v) is 10.3. The maximum absolute atomic E-state index is 13.2. The third kappa shape index (κ3) is 4.86. The Bertz CT molecular complexity index is 1200. The van der Waals surface area contributed by atoms with E-state index in [0.29, 0.717) is 30.2 Å². The normalized spacial score (nSPS) is 16.2. The van der Waals surface area contributed by atoms with E-state index in [1.54, 1.807) is 6.07 Å². The van der Waals surface area contributed by atoms with Crippen molar-refractivity contribution in [1.82, 2.24) is 15.3 Å². The summed E-state index contributed by atoms with van der Waals surface area (Å²) in [5.74, 6) is 1.08. The molecule has 1 atom stereocenters. The summed E-state index contributed by atoms with van der Waals surface area (Å²) in [7, 11) is 1.51. The Kier molecular flexibility index (Phi) is 5.88. The number of nitrogen functional groups attached to an aromatic ring is 1. The minimum Gasteiger partial charge on any atom is -0.494 e. The Labute approximate surface area is 187 Å². The van der Waals surface area contributed by atoms with Gasteiger partial charge in [-0.3, -0.25) is 4.79 Å². The highest BCUT2D eigenvalue weighted by molar-refractivity contribution is 5.94. The average Bonchev–Trinajstić information content (AvgIpc) is 3.19. The molecule has 2 heterocycles. The average molecular weight is 460 g/mol. The van der Waals surface area contributed by atoms with Crippen LogP contribution in [0.4, 0.5) is 36.3 Å². The summed E-state index contributed by atoms with van der Waals surface area (Å²) in [4.78, 5) is 22.6. The molecule has 33 heavy (non-hydrogen) atoms. The van der Waals surface area contributed by atoms with Gasteiger partial charge in [0, 0.05) is 42.8 Å². The first-order valence-electron chi connectivity index (χ1n) is 10.3. The molecule has 0 spiro atoms. The molecule has 1 aromatic heterocycles. The van der Waals surface area contributed by atoms with Crippen LogP contribution in [0.2, 0.25) is 0 Å². The molecular formula is C22H23F3N6O2. The van der Waals surface area contributed by atoms with Gasteiger partial charge in [-0.15, -0.1) is 0 Å². The van der Waals surface area contributed by atoms with Crippen LogP contribution in [0.1, 0.15) is 18.9 Å². The highest BCUT2D eigenvalue weighted by Crippen LogP contribution is 2.35. The number of hydrogen-bond acceptors (Lipinski definition) is 7. The number of rotatable bonds is 5. The SMILES string of the molecule is COc1cccc2c(N3CCC(NC(C)=O)C3)nc(Nc3cc(N)cc(C(F)(F)F)c3)nc12. The lowest BCUT2D eigenvalue weighted by molar-refractivity contribution is -0.137. The van der Waals surface area contributed by atoms with Gasteiger partial charge in [-0.1, -0.05) is 6.07 Å². The number of para-hydroxylation sites is 1. The van der Waals surface area contributed by atoms with Gasteiger partial charge in [0.1, 0.15) is 17.1 Å². The topological polar surface area (TPSA) is 105 Å². The van der Waals surface area contributed by atoms with Gasteiger partial charge >= 0.3 is 6.18 Å². The van der Waals surface area contributed by atoms with Crippen LogP contribution < -0.4 is 26.0 Å². The number of halogens is 3. The lowest BCUT2D eigenvalue weighted by atomic mass is 10.1. The number of amides is 1. The van der Waals surface area contributed by atoms with Crippen molar-refractivity contribution < 1.29 is 22.7 Å². The fourth-order valence-electron chi connectivity index (χ4n) is 3.95. The molecule has 4 N–H and O–H groups in total. The Hall–Kier alpha value is -3.76. The van der Waals surface area contributed by atoms with E-state index in [0.717, 1.165) is 23.9 Å². The largest absolute Gasteiger partial charge is 0.494 e. The molecule has 0 aliphatic carbocycles. The second-order valence-electron chi connectivity index (χ2n) is 7.83. The van der Waals surface area contributed by atoms with Crippen molar-refractivity contribution >= 4 is 40.0 Å². The van der Waals surface area contributed by atoms with E-state index in [1.165, 1.54) is 20.1 Å². The molecule has 11 heteroatoms. The number of nitrogens with one attached hydrogen (secondary N) is 2. The van der Waals surface area contributed by atoms with Crippen LogP contribution in [0.3, 0.4) is 0 Å². The maximum atomic E-state index is 13.2. The number of fused-ring (bicyclic) bond motifs is 1. The van der Waals surface area contributed by atoms with Crippen molar-refractivity contribution in [3.05, 3.63) is 42.0 Å². The molecule has 0 bridgehead atoms. The zero-order chi connectivity index (χ0) is 23.8. The first-order chi connectivity index (χ1) is 15.6. The summed E-state index contributed by atoms with van der Waals surface area (Å²) >= 11 is 0. The van der Waals surface area contributed by atoms with E-state index in [4.69, 9.17) is 10.5 Å². The fourth-order valence-corrected chi connectivity index (χ4v) is 3.95. The molecule has 0 radical (unpaired) electrons. The summed E-state index contributed by atoms with van der Waals surface area (Å²) in [6.07, 6.45) is -3.80. The number of alkyl halides is 3. The van der Waals surface area contributed by atoms with Gasteiger partial charge in [0.25, 0.3) is 0 Å². The number of ether oxygens (including phenoxy) is 1. The number of carbonyl (C=O) groups is 1. The van der Waals surface area contributed by atoms with Crippen molar-refractivity contribution in [3.8, 4) is 5.75 Å². The Morgan fingerprint density at radius 3 is 2.73 bits per heavy atom. The van der Waals surface area contributed by atoms with Crippen molar-refractivity contribution in [1.29, 1.82) is 0 Å². The molecule has 174 valence electrons. The molecule has 2 aromatic carbocycles. The molecule has 1 aliphatic heterocycles. The number of methoxy groups -OCH3 is 1. The molecule has 1 aliphatic rings. The summed E-state index contributed by atoms with van der Waals surface area (Å²) in [5.41, 5.74) is 5.40. The number of hydrogen-bond donors (Lipinski definition) is 3. The standard InChI is InChI=1S/C22H23F3N6O2/c1-12(32)27-15-6-7-31(11-15)20-17-4-3-5-18(33-2)19(17)29-21(30-20)28-16-9-13(22(23,24)25)8-14(26)10-16/h3-5,8-10,15H,6-7,11,26H2,1-2H3,(H,27,32)(H,28,29,30). The van der Waals surface area contributed by atoms with Gasteiger partial charge in [0.15, 0.2) is 0 Å². The first kappa shape index (κ1) is 22.4. The molecule has 1 amide bonds. The summed E-state index contributed by atoms with van der Waals surface area (Å²) in [6, 6.07) is 8.59. The molecule has 4 rings (SSSR count). The lowest BCUT2D eigenvalue weighted by Gasteiger charge is -2.21. The number of benzene rings is 2. The second kappa shape index (κ2) is 8.64. The van der Waals surface area contributed by atoms with E-state index >= 15 is 0 Å². The van der Waals surface area contributed by atoms with Crippen LogP contribution in [-0.2, 0) is 11.0 Å². The third-order valence-electron chi connectivity index (χ3n) is 5.32. The molecule has 0 saturated carbocycles. The van der Waals surface area contributed by atoms with Gasteiger partial charge in [-0.25, -0.2) is 4.98 Å². The Balaban J connectivity index is 1.76. The Morgan fingerprint density at radius 1 is 1.24 bits per heavy atom. The Morgan fingerprint density at radius 2 is 2.03 bits per heavy atom. The zero-order valence-corrected chi connectivity index (χ0v) is 18.0. The van der Waals surface area contributed by atoms with Crippen LogP contribution in [0.25, 0.3) is 10.9 Å². The van der Waals surface area contributed by atoms with Crippen molar-refractivity contribution in [2.75, 3.05) is 36.1 Å². The molecule has 1 saturated heterocycles. The van der Waals surface area contributed by atoms with Gasteiger partial charge in [0.05, 0.1) is 12.7 Å². The predicted molar refractivity (Wildman–Crippen MR) is 120 cm³/mol. The minimum atomic E-state index is -4.54. The summed E-state index contributed by atoms with van der Waals surface area (Å²) in [6.45, 7) is 2.65. The van der Waals surface area contributed by atoms with Gasteiger partial charge in [0.2, 0.25) is 11.9 Å². The van der Waals surface area contributed by atoms with Crippen molar-refractivity contribution in [2.45, 2.75) is 25.6 Å². The third-order valence-corrected chi connectivity index (χ3v) is 5.32. The lowest BCUT2D eigenvalue weighted by Crippen LogP contribution is -2.35. The van der Waals surface area contributed by atoms with Crippen LogP contribution in [0.15, 0.2) is 36.4 Å². The number of nitrogens with zero attached hydrogens (tertiary/aromatic N) is 3.